The van der Waals surface area contributed by atoms with Gasteiger partial charge in [-0.1, -0.05) is 18.2 Å². The summed E-state index contributed by atoms with van der Waals surface area (Å²) in [6, 6.07) is 5.34. The Kier molecular flexibility index (Phi) is 5.13. The van der Waals surface area contributed by atoms with Crippen LogP contribution in [0.15, 0.2) is 18.2 Å². The minimum atomic E-state index is -0.869. The molecule has 1 spiro atoms. The summed E-state index contributed by atoms with van der Waals surface area (Å²) in [6.45, 7) is 8.36. The summed E-state index contributed by atoms with van der Waals surface area (Å²) in [5.74, 6) is 0.455. The molecule has 0 aliphatic carbocycles. The Morgan fingerprint density at radius 2 is 1.78 bits per heavy atom. The summed E-state index contributed by atoms with van der Waals surface area (Å²) in [6.07, 6.45) is 0.853. The zero-order valence-electron chi connectivity index (χ0n) is 16.4. The van der Waals surface area contributed by atoms with Gasteiger partial charge in [-0.3, -0.25) is 14.5 Å². The van der Waals surface area contributed by atoms with Gasteiger partial charge in [-0.05, 0) is 51.7 Å². The van der Waals surface area contributed by atoms with Crippen molar-refractivity contribution in [2.45, 2.75) is 52.1 Å². The Bertz CT molecular complexity index is 746. The molecule has 4 amide bonds. The second-order valence-electron chi connectivity index (χ2n) is 7.67. The van der Waals surface area contributed by atoms with Gasteiger partial charge in [0.15, 0.2) is 6.61 Å². The number of hydrogen-bond acceptors (Lipinski definition) is 4. The lowest BCUT2D eigenvalue weighted by Gasteiger charge is -2.37. The maximum Gasteiger partial charge on any atom is 0.325 e. The number of rotatable bonds is 4. The van der Waals surface area contributed by atoms with Crippen LogP contribution in [0.2, 0.25) is 0 Å². The molecule has 1 aromatic rings. The molecule has 0 unspecified atom stereocenters. The second-order valence-corrected chi connectivity index (χ2v) is 7.67. The van der Waals surface area contributed by atoms with E-state index in [4.69, 9.17) is 4.74 Å². The summed E-state index contributed by atoms with van der Waals surface area (Å²) in [5, 5.41) is 2.85. The summed E-state index contributed by atoms with van der Waals surface area (Å²) in [7, 11) is 0. The van der Waals surface area contributed by atoms with Gasteiger partial charge in [0, 0.05) is 19.1 Å². The summed E-state index contributed by atoms with van der Waals surface area (Å²) < 4.78 is 5.75. The second kappa shape index (κ2) is 7.21. The fourth-order valence-corrected chi connectivity index (χ4v) is 3.84. The molecule has 7 heteroatoms. The highest BCUT2D eigenvalue weighted by Crippen LogP contribution is 2.30. The van der Waals surface area contributed by atoms with Crippen LogP contribution in [0.25, 0.3) is 0 Å². The van der Waals surface area contributed by atoms with Crippen molar-refractivity contribution in [2.75, 3.05) is 19.7 Å². The number of aryl methyl sites for hydroxylation is 2. The molecule has 2 heterocycles. The third kappa shape index (κ3) is 3.50. The van der Waals surface area contributed by atoms with Crippen LogP contribution in [0.4, 0.5) is 4.79 Å². The molecule has 7 nitrogen and oxygen atoms in total. The van der Waals surface area contributed by atoms with Crippen LogP contribution in [0, 0.1) is 13.8 Å². The number of ether oxygens (including phenoxy) is 1. The van der Waals surface area contributed by atoms with Crippen LogP contribution in [0.1, 0.15) is 37.8 Å². The summed E-state index contributed by atoms with van der Waals surface area (Å²) in [4.78, 5) is 40.4. The number of benzene rings is 1. The van der Waals surface area contributed by atoms with Crippen LogP contribution in [-0.4, -0.2) is 58.9 Å². The number of nitrogens with one attached hydrogen (secondary N) is 1. The molecule has 0 atom stereocenters. The van der Waals surface area contributed by atoms with Gasteiger partial charge in [0.2, 0.25) is 0 Å². The molecule has 27 heavy (non-hydrogen) atoms. The normalized spacial score (nSPS) is 19.0. The molecule has 2 fully saturated rings. The molecule has 0 radical (unpaired) electrons. The lowest BCUT2D eigenvalue weighted by molar-refractivity contribution is -0.140. The molecule has 0 saturated carbocycles. The molecule has 1 N–H and O–H groups in total. The third-order valence-corrected chi connectivity index (χ3v) is 5.43. The van der Waals surface area contributed by atoms with Crippen LogP contribution in [-0.2, 0) is 9.59 Å². The van der Waals surface area contributed by atoms with E-state index in [1.54, 1.807) is 4.90 Å². The molecule has 2 aliphatic rings. The number of nitrogens with zero attached hydrogens (tertiary/aromatic N) is 2. The van der Waals surface area contributed by atoms with E-state index in [1.807, 2.05) is 45.9 Å². The third-order valence-electron chi connectivity index (χ3n) is 5.43. The van der Waals surface area contributed by atoms with E-state index < -0.39 is 5.54 Å². The summed E-state index contributed by atoms with van der Waals surface area (Å²) in [5.41, 5.74) is 1.12. The van der Waals surface area contributed by atoms with E-state index >= 15 is 0 Å². The molecule has 0 bridgehead atoms. The first-order chi connectivity index (χ1) is 12.7. The molecule has 3 rings (SSSR count). The molecule has 1 aromatic carbocycles. The topological polar surface area (TPSA) is 79.0 Å². The van der Waals surface area contributed by atoms with Gasteiger partial charge in [-0.2, -0.15) is 0 Å². The van der Waals surface area contributed by atoms with Crippen LogP contribution in [0.3, 0.4) is 0 Å². The number of carbonyl (C=O) groups excluding carboxylic acids is 3. The van der Waals surface area contributed by atoms with Crippen molar-refractivity contribution in [2.24, 2.45) is 0 Å². The van der Waals surface area contributed by atoms with Crippen molar-refractivity contribution in [3.8, 4) is 5.75 Å². The van der Waals surface area contributed by atoms with Crippen molar-refractivity contribution < 1.29 is 19.1 Å². The maximum absolute atomic E-state index is 12.7. The van der Waals surface area contributed by atoms with E-state index in [0.29, 0.717) is 25.9 Å². The molecule has 146 valence electrons. The standard InChI is InChI=1S/C20H27N3O4/c1-13(2)23-18(25)20(21-19(23)26)8-10-22(11-9-20)16(24)12-27-17-14(3)6-5-7-15(17)4/h5-7,13H,8-12H2,1-4H3,(H,21,26). The predicted octanol–water partition coefficient (Wildman–Crippen LogP) is 2.00. The molecule has 0 aromatic heterocycles. The van der Waals surface area contributed by atoms with Gasteiger partial charge in [-0.15, -0.1) is 0 Å². The van der Waals surface area contributed by atoms with Crippen molar-refractivity contribution in [1.29, 1.82) is 0 Å². The Hall–Kier alpha value is -2.57. The van der Waals surface area contributed by atoms with Crippen LogP contribution < -0.4 is 10.1 Å². The van der Waals surface area contributed by atoms with Gasteiger partial charge < -0.3 is 15.0 Å². The van der Waals surface area contributed by atoms with Crippen LogP contribution in [0.5, 0.6) is 5.75 Å². The highest BCUT2D eigenvalue weighted by atomic mass is 16.5. The van der Waals surface area contributed by atoms with Gasteiger partial charge in [0.25, 0.3) is 11.8 Å². The van der Waals surface area contributed by atoms with E-state index in [9.17, 15) is 14.4 Å². The first-order valence-electron chi connectivity index (χ1n) is 9.38. The Labute approximate surface area is 159 Å². The van der Waals surface area contributed by atoms with Crippen molar-refractivity contribution >= 4 is 17.8 Å². The monoisotopic (exact) mass is 373 g/mol. The highest BCUT2D eigenvalue weighted by molar-refractivity contribution is 6.07. The average molecular weight is 373 g/mol. The fraction of sp³-hybridized carbons (Fsp3) is 0.550. The Balaban J connectivity index is 1.59. The zero-order valence-corrected chi connectivity index (χ0v) is 16.4. The predicted molar refractivity (Wildman–Crippen MR) is 100 cm³/mol. The minimum Gasteiger partial charge on any atom is -0.483 e. The molecular formula is C20H27N3O4. The number of amides is 4. The number of hydrogen-bond donors (Lipinski definition) is 1. The van der Waals surface area contributed by atoms with Crippen molar-refractivity contribution in [3.63, 3.8) is 0 Å². The largest absolute Gasteiger partial charge is 0.483 e. The SMILES string of the molecule is Cc1cccc(C)c1OCC(=O)N1CCC2(CC1)NC(=O)N(C(C)C)C2=O. The maximum atomic E-state index is 12.7. The van der Waals surface area contributed by atoms with Gasteiger partial charge in [0.1, 0.15) is 11.3 Å². The first-order valence-corrected chi connectivity index (χ1v) is 9.38. The number of para-hydroxylation sites is 1. The molecule has 2 saturated heterocycles. The Morgan fingerprint density at radius 3 is 2.30 bits per heavy atom. The van der Waals surface area contributed by atoms with Gasteiger partial charge in [0.05, 0.1) is 0 Å². The number of urea groups is 1. The Morgan fingerprint density at radius 1 is 1.19 bits per heavy atom. The lowest BCUT2D eigenvalue weighted by Crippen LogP contribution is -2.56. The molecular weight excluding hydrogens is 346 g/mol. The summed E-state index contributed by atoms with van der Waals surface area (Å²) >= 11 is 0. The molecule has 2 aliphatic heterocycles. The average Bonchev–Trinajstić information content (AvgIpc) is 2.85. The number of carbonyl (C=O) groups is 3. The number of likely N-dealkylation sites (tertiary alicyclic amines) is 1. The fourth-order valence-electron chi connectivity index (χ4n) is 3.84. The van der Waals surface area contributed by atoms with Gasteiger partial charge >= 0.3 is 6.03 Å². The highest BCUT2D eigenvalue weighted by Gasteiger charge is 2.53. The first kappa shape index (κ1) is 19.2. The van der Waals surface area contributed by atoms with Gasteiger partial charge in [-0.25, -0.2) is 4.79 Å². The lowest BCUT2D eigenvalue weighted by atomic mass is 9.87. The minimum absolute atomic E-state index is 0.0306. The van der Waals surface area contributed by atoms with Crippen LogP contribution >= 0.6 is 0 Å². The van der Waals surface area contributed by atoms with Crippen molar-refractivity contribution in [1.82, 2.24) is 15.1 Å². The number of imide groups is 1. The van der Waals surface area contributed by atoms with E-state index in [-0.39, 0.29) is 30.5 Å². The van der Waals surface area contributed by atoms with Crippen molar-refractivity contribution in [3.05, 3.63) is 29.3 Å². The van der Waals surface area contributed by atoms with E-state index in [1.165, 1.54) is 4.90 Å². The van der Waals surface area contributed by atoms with E-state index in [2.05, 4.69) is 5.32 Å². The quantitative estimate of drug-likeness (QED) is 0.819. The number of piperidine rings is 1. The van der Waals surface area contributed by atoms with E-state index in [0.717, 1.165) is 16.9 Å². The zero-order chi connectivity index (χ0) is 19.8. The smallest absolute Gasteiger partial charge is 0.325 e.